The van der Waals surface area contributed by atoms with E-state index < -0.39 is 48.2 Å². The summed E-state index contributed by atoms with van der Waals surface area (Å²) >= 11 is 1.24. The molecule has 1 rings (SSSR count). The van der Waals surface area contributed by atoms with Crippen molar-refractivity contribution in [1.29, 1.82) is 0 Å². The first-order chi connectivity index (χ1) is 8.96. The van der Waals surface area contributed by atoms with Gasteiger partial charge in [-0.05, 0) is 12.1 Å². The van der Waals surface area contributed by atoms with Crippen molar-refractivity contribution in [1.82, 2.24) is 0 Å². The fourth-order valence-corrected chi connectivity index (χ4v) is 3.34. The van der Waals surface area contributed by atoms with Gasteiger partial charge in [0.15, 0.2) is 28.8 Å². The molecule has 1 aromatic carbocycles. The molecule has 0 aliphatic heterocycles. The average Bonchev–Trinajstić information content (AvgIpc) is 2.24. The molecule has 112 valence electrons. The molecular weight excluding hydrogens is 431 g/mol. The van der Waals surface area contributed by atoms with Crippen molar-refractivity contribution < 1.29 is 38.9 Å². The van der Waals surface area contributed by atoms with Crippen molar-refractivity contribution in [2.75, 3.05) is 0 Å². The third-order valence-electron chi connectivity index (χ3n) is 2.10. The van der Waals surface area contributed by atoms with E-state index in [4.69, 9.17) is 14.2 Å². The van der Waals surface area contributed by atoms with Crippen LogP contribution in [-0.4, -0.2) is 37.0 Å². The van der Waals surface area contributed by atoms with Gasteiger partial charge in [0.05, 0.1) is 11.3 Å². The van der Waals surface area contributed by atoms with Gasteiger partial charge in [-0.1, -0.05) is 0 Å². The van der Waals surface area contributed by atoms with E-state index in [-0.39, 0.29) is 5.56 Å². The van der Waals surface area contributed by atoms with Crippen LogP contribution < -0.4 is 3.07 Å². The molecule has 12 heteroatoms. The Hall–Kier alpha value is -0.960. The molecule has 9 nitrogen and oxygen atoms in total. The molecule has 0 atom stereocenters. The van der Waals surface area contributed by atoms with Gasteiger partial charge in [0, 0.05) is 5.56 Å². The van der Waals surface area contributed by atoms with Crippen molar-refractivity contribution in [2.45, 2.75) is 16.2 Å². The largest absolute Gasteiger partial charge is 0.481 e. The smallest absolute Gasteiger partial charge is 0.307 e. The van der Waals surface area contributed by atoms with E-state index in [2.05, 4.69) is 3.07 Å². The van der Waals surface area contributed by atoms with Crippen LogP contribution in [0.3, 0.4) is 0 Å². The average molecular weight is 438 g/mol. The zero-order valence-corrected chi connectivity index (χ0v) is 13.1. The van der Waals surface area contributed by atoms with Crippen molar-refractivity contribution >= 4 is 49.2 Å². The molecule has 0 spiro atoms. The van der Waals surface area contributed by atoms with Crippen molar-refractivity contribution in [2.24, 2.45) is 0 Å². The van der Waals surface area contributed by atoms with Crippen molar-refractivity contribution in [3.8, 4) is 5.75 Å². The predicted octanol–water partition coefficient (Wildman–Crippen LogP) is 0.536. The molecule has 0 amide bonds. The zero-order chi connectivity index (χ0) is 15.7. The van der Waals surface area contributed by atoms with E-state index in [1.165, 1.54) is 23.0 Å². The fraction of sp³-hybridized carbons (Fsp3) is 0.125. The molecule has 0 radical (unpaired) electrons. The van der Waals surface area contributed by atoms with Gasteiger partial charge < -0.3 is 8.17 Å². The van der Waals surface area contributed by atoms with Gasteiger partial charge in [-0.25, -0.2) is 0 Å². The van der Waals surface area contributed by atoms with Crippen LogP contribution >= 0.6 is 23.0 Å². The van der Waals surface area contributed by atoms with E-state index in [1.807, 2.05) is 0 Å². The number of hydrogen-bond donors (Lipinski definition) is 3. The van der Waals surface area contributed by atoms with E-state index in [0.717, 1.165) is 6.07 Å². The summed E-state index contributed by atoms with van der Waals surface area (Å²) in [4.78, 5) is 8.84. The minimum absolute atomic E-state index is 0.338. The summed E-state index contributed by atoms with van der Waals surface area (Å²) in [6, 6.07) is 1.20. The highest BCUT2D eigenvalue weighted by atomic mass is 127. The monoisotopic (exact) mass is 438 g/mol. The Morgan fingerprint density at radius 1 is 1.15 bits per heavy atom. The second kappa shape index (κ2) is 5.80. The minimum Gasteiger partial charge on any atom is -0.481 e. The number of benzene rings is 1. The number of halogens is 1. The van der Waals surface area contributed by atoms with Crippen LogP contribution in [0.15, 0.2) is 21.9 Å². The first-order valence-corrected chi connectivity index (χ1v) is 8.35. The molecule has 0 saturated carbocycles. The third-order valence-corrected chi connectivity index (χ3v) is 4.23. The highest BCUT2D eigenvalue weighted by molar-refractivity contribution is 14.1. The first kappa shape index (κ1) is 17.1. The zero-order valence-electron chi connectivity index (χ0n) is 9.35. The highest BCUT2D eigenvalue weighted by Gasteiger charge is 2.26. The molecule has 1 aromatic rings. The van der Waals surface area contributed by atoms with E-state index >= 15 is 0 Å². The van der Waals surface area contributed by atoms with Crippen LogP contribution in [0, 0.1) is 0 Å². The Morgan fingerprint density at radius 3 is 2.05 bits per heavy atom. The molecule has 20 heavy (non-hydrogen) atoms. The maximum atomic E-state index is 11.2. The number of aliphatic carboxylic acids is 1. The Labute approximate surface area is 127 Å². The molecule has 0 aliphatic rings. The van der Waals surface area contributed by atoms with E-state index in [1.54, 1.807) is 0 Å². The van der Waals surface area contributed by atoms with Crippen LogP contribution in [0.4, 0.5) is 0 Å². The lowest BCUT2D eigenvalue weighted by Crippen LogP contribution is -2.09. The van der Waals surface area contributed by atoms with Crippen LogP contribution in [0.2, 0.25) is 0 Å². The quantitative estimate of drug-likeness (QED) is 0.441. The van der Waals surface area contributed by atoms with Gasteiger partial charge in [0.1, 0.15) is 4.90 Å². The summed E-state index contributed by atoms with van der Waals surface area (Å²) in [6.07, 6.45) is -0.774. The Kier molecular flexibility index (Phi) is 4.96. The minimum atomic E-state index is -4.88. The molecule has 0 unspecified atom stereocenters. The number of rotatable bonds is 5. The second-order valence-electron chi connectivity index (χ2n) is 3.51. The molecule has 0 aromatic heterocycles. The number of carboxylic acid groups (broad SMARTS) is 1. The molecule has 3 N–H and O–H groups in total. The standard InChI is InChI=1S/C8H7IO9S2/c9-18-8-4(2-7(10)11)1-5(19(12,13)14)3-6(8)20(15,16)17/h1,3H,2H2,(H,10,11)(H,12,13,14)(H,15,16,17). The fourth-order valence-electron chi connectivity index (χ4n) is 1.35. The van der Waals surface area contributed by atoms with Gasteiger partial charge in [-0.2, -0.15) is 16.8 Å². The van der Waals surface area contributed by atoms with Crippen LogP contribution in [0.1, 0.15) is 5.56 Å². The summed E-state index contributed by atoms with van der Waals surface area (Å²) in [6.45, 7) is 0. The number of carboxylic acids is 1. The van der Waals surface area contributed by atoms with Gasteiger partial charge in [0.2, 0.25) is 0 Å². The molecule has 0 aliphatic carbocycles. The maximum Gasteiger partial charge on any atom is 0.307 e. The van der Waals surface area contributed by atoms with Gasteiger partial charge in [0.25, 0.3) is 20.2 Å². The maximum absolute atomic E-state index is 11.2. The Morgan fingerprint density at radius 2 is 1.70 bits per heavy atom. The molecule has 0 heterocycles. The molecule has 0 saturated heterocycles. The summed E-state index contributed by atoms with van der Waals surface area (Å²) in [5.41, 5.74) is -0.338. The number of carbonyl (C=O) groups is 1. The van der Waals surface area contributed by atoms with Crippen molar-refractivity contribution in [3.63, 3.8) is 0 Å². The van der Waals surface area contributed by atoms with E-state index in [9.17, 15) is 21.6 Å². The van der Waals surface area contributed by atoms with Crippen LogP contribution in [0.5, 0.6) is 5.75 Å². The summed E-state index contributed by atoms with van der Waals surface area (Å²) in [7, 11) is -9.68. The summed E-state index contributed by atoms with van der Waals surface area (Å²) in [5, 5.41) is 8.69. The lowest BCUT2D eigenvalue weighted by molar-refractivity contribution is -0.136. The molecule has 0 bridgehead atoms. The Balaban J connectivity index is 3.78. The third kappa shape index (κ3) is 4.02. The van der Waals surface area contributed by atoms with Gasteiger partial charge >= 0.3 is 5.97 Å². The molecule has 0 fully saturated rings. The lowest BCUT2D eigenvalue weighted by atomic mass is 10.1. The SMILES string of the molecule is O=C(O)Cc1cc(S(=O)(=O)O)cc(S(=O)(=O)O)c1OI. The van der Waals surface area contributed by atoms with E-state index in [0.29, 0.717) is 6.07 Å². The van der Waals surface area contributed by atoms with Gasteiger partial charge in [-0.3, -0.25) is 13.9 Å². The lowest BCUT2D eigenvalue weighted by Gasteiger charge is -2.11. The highest BCUT2D eigenvalue weighted by Crippen LogP contribution is 2.33. The van der Waals surface area contributed by atoms with Crippen LogP contribution in [0.25, 0.3) is 0 Å². The summed E-state index contributed by atoms with van der Waals surface area (Å²) in [5.74, 6) is -1.92. The van der Waals surface area contributed by atoms with Crippen LogP contribution in [-0.2, 0) is 31.5 Å². The van der Waals surface area contributed by atoms with Crippen molar-refractivity contribution in [3.05, 3.63) is 17.7 Å². The van der Waals surface area contributed by atoms with Gasteiger partial charge in [-0.15, -0.1) is 0 Å². The predicted molar refractivity (Wildman–Crippen MR) is 72.1 cm³/mol. The second-order valence-corrected chi connectivity index (χ2v) is 6.76. The topological polar surface area (TPSA) is 155 Å². The molecular formula is C8H7IO9S2. The first-order valence-electron chi connectivity index (χ1n) is 4.59. The Bertz CT molecular complexity index is 750. The normalized spacial score (nSPS) is 12.2. The number of hydrogen-bond acceptors (Lipinski definition) is 6. The summed E-state index contributed by atoms with van der Waals surface area (Å²) < 4.78 is 67.0.